The zero-order valence-electron chi connectivity index (χ0n) is 6.43. The van der Waals surface area contributed by atoms with E-state index in [1.54, 1.807) is 0 Å². The summed E-state index contributed by atoms with van der Waals surface area (Å²) < 4.78 is 36.4. The number of rotatable bonds is 1. The second kappa shape index (κ2) is 3.47. The predicted molar refractivity (Wildman–Crippen MR) is 44.6 cm³/mol. The van der Waals surface area contributed by atoms with Gasteiger partial charge in [-0.05, 0) is 6.07 Å². The molecule has 0 radical (unpaired) electrons. The van der Waals surface area contributed by atoms with Gasteiger partial charge in [-0.2, -0.15) is 13.2 Å². The monoisotopic (exact) mass is 208 g/mol. The van der Waals surface area contributed by atoms with Gasteiger partial charge in [-0.25, -0.2) is 0 Å². The van der Waals surface area contributed by atoms with Crippen LogP contribution in [0.25, 0.3) is 0 Å². The van der Waals surface area contributed by atoms with Crippen LogP contribution >= 0.6 is 12.2 Å². The Kier molecular flexibility index (Phi) is 2.72. The van der Waals surface area contributed by atoms with Crippen molar-refractivity contribution in [2.75, 3.05) is 0 Å². The molecule has 0 saturated heterocycles. The molecule has 1 atom stereocenters. The van der Waals surface area contributed by atoms with Crippen LogP contribution in [0.3, 0.4) is 0 Å². The number of nitrogens with one attached hydrogen (secondary N) is 1. The third-order valence-corrected chi connectivity index (χ3v) is 1.89. The van der Waals surface area contributed by atoms with Crippen molar-refractivity contribution in [3.8, 4) is 0 Å². The van der Waals surface area contributed by atoms with E-state index in [9.17, 15) is 13.2 Å². The Balaban J connectivity index is 3.10. The molecule has 0 saturated carbocycles. The van der Waals surface area contributed by atoms with Gasteiger partial charge >= 0.3 is 6.18 Å². The van der Waals surface area contributed by atoms with Gasteiger partial charge in [-0.1, -0.05) is 18.3 Å². The topological polar surface area (TPSA) is 41.8 Å². The fraction of sp³-hybridized carbons (Fsp3) is 0.286. The molecule has 0 aliphatic rings. The third kappa shape index (κ3) is 2.28. The van der Waals surface area contributed by atoms with Gasteiger partial charge in [0.15, 0.2) is 0 Å². The summed E-state index contributed by atoms with van der Waals surface area (Å²) in [6.07, 6.45) is -3.00. The van der Waals surface area contributed by atoms with Crippen molar-refractivity contribution >= 4 is 12.2 Å². The fourth-order valence-electron chi connectivity index (χ4n) is 0.856. The van der Waals surface area contributed by atoms with Crippen molar-refractivity contribution in [2.24, 2.45) is 5.73 Å². The number of aromatic amines is 1. The van der Waals surface area contributed by atoms with Gasteiger partial charge in [0.2, 0.25) is 0 Å². The number of alkyl halides is 3. The Morgan fingerprint density at radius 2 is 2.08 bits per heavy atom. The van der Waals surface area contributed by atoms with Crippen molar-refractivity contribution in [2.45, 2.75) is 12.2 Å². The molecule has 0 bridgehead atoms. The normalized spacial score (nSPS) is 14.2. The Hall–Kier alpha value is -0.880. The Labute approximate surface area is 77.6 Å². The summed E-state index contributed by atoms with van der Waals surface area (Å²) in [7, 11) is 0. The highest BCUT2D eigenvalue weighted by atomic mass is 32.1. The van der Waals surface area contributed by atoms with Crippen LogP contribution in [-0.2, 0) is 0 Å². The molecule has 0 amide bonds. The van der Waals surface area contributed by atoms with Crippen LogP contribution in [0.5, 0.6) is 0 Å². The molecule has 0 fully saturated rings. The number of hydrogen-bond acceptors (Lipinski definition) is 2. The van der Waals surface area contributed by atoms with Crippen LogP contribution in [0.1, 0.15) is 11.6 Å². The van der Waals surface area contributed by atoms with E-state index in [1.165, 1.54) is 18.3 Å². The van der Waals surface area contributed by atoms with E-state index in [0.29, 0.717) is 0 Å². The van der Waals surface area contributed by atoms with Gasteiger partial charge < -0.3 is 10.7 Å². The molecule has 72 valence electrons. The predicted octanol–water partition coefficient (Wildman–Crippen LogP) is 2.31. The van der Waals surface area contributed by atoms with Crippen LogP contribution in [0.15, 0.2) is 18.3 Å². The van der Waals surface area contributed by atoms with E-state index in [-0.39, 0.29) is 10.2 Å². The number of H-pyrrole nitrogens is 1. The summed E-state index contributed by atoms with van der Waals surface area (Å²) in [5.74, 6) is 0. The highest BCUT2D eigenvalue weighted by molar-refractivity contribution is 7.71. The number of hydrogen-bond donors (Lipinski definition) is 2. The lowest BCUT2D eigenvalue weighted by atomic mass is 10.1. The Bertz CT molecular complexity index is 344. The minimum atomic E-state index is -4.46. The van der Waals surface area contributed by atoms with E-state index in [2.05, 4.69) is 17.2 Å². The zero-order valence-corrected chi connectivity index (χ0v) is 7.25. The lowest BCUT2D eigenvalue weighted by molar-refractivity contribution is -0.149. The van der Waals surface area contributed by atoms with E-state index >= 15 is 0 Å². The lowest BCUT2D eigenvalue weighted by Crippen LogP contribution is -2.28. The number of nitrogens with two attached hydrogens (primary N) is 1. The van der Waals surface area contributed by atoms with Crippen LogP contribution in [0, 0.1) is 4.64 Å². The molecule has 0 aliphatic heterocycles. The van der Waals surface area contributed by atoms with Crippen molar-refractivity contribution < 1.29 is 13.2 Å². The third-order valence-electron chi connectivity index (χ3n) is 1.54. The van der Waals surface area contributed by atoms with Crippen molar-refractivity contribution in [3.05, 3.63) is 28.5 Å². The molecule has 1 heterocycles. The summed E-state index contributed by atoms with van der Waals surface area (Å²) in [5.41, 5.74) is 4.85. The molecule has 6 heteroatoms. The molecular formula is C7H7F3N2S. The largest absolute Gasteiger partial charge is 0.407 e. The maximum Gasteiger partial charge on any atom is 0.407 e. The standard InChI is InChI=1S/C7H7F3N2S/c8-7(9,10)5(11)4-2-1-3-12-6(4)13/h1-3,5H,11H2,(H,12,13). The molecule has 0 spiro atoms. The van der Waals surface area contributed by atoms with E-state index in [1.807, 2.05) is 0 Å². The van der Waals surface area contributed by atoms with Gasteiger partial charge in [0, 0.05) is 11.8 Å². The second-order valence-corrected chi connectivity index (χ2v) is 2.88. The highest BCUT2D eigenvalue weighted by Gasteiger charge is 2.38. The van der Waals surface area contributed by atoms with Gasteiger partial charge in [0.1, 0.15) is 10.7 Å². The molecule has 2 nitrogen and oxygen atoms in total. The lowest BCUT2D eigenvalue weighted by Gasteiger charge is -2.15. The molecule has 13 heavy (non-hydrogen) atoms. The SMILES string of the molecule is NC(c1ccc[nH]c1=S)C(F)(F)F. The van der Waals surface area contributed by atoms with Crippen LogP contribution < -0.4 is 5.73 Å². The second-order valence-electron chi connectivity index (χ2n) is 2.47. The first-order valence-electron chi connectivity index (χ1n) is 3.43. The smallest absolute Gasteiger partial charge is 0.353 e. The van der Waals surface area contributed by atoms with Crippen molar-refractivity contribution in [1.82, 2.24) is 4.98 Å². The first kappa shape index (κ1) is 10.2. The maximum atomic E-state index is 12.1. The summed E-state index contributed by atoms with van der Waals surface area (Å²) in [5, 5.41) is 0. The molecular weight excluding hydrogens is 201 g/mol. The molecule has 1 aromatic heterocycles. The quantitative estimate of drug-likeness (QED) is 0.695. The minimum absolute atomic E-state index is 0.0207. The number of aromatic nitrogens is 1. The Morgan fingerprint density at radius 3 is 2.54 bits per heavy atom. The molecule has 0 aliphatic carbocycles. The molecule has 1 unspecified atom stereocenters. The summed E-state index contributed by atoms with van der Waals surface area (Å²) in [6, 6.07) is 0.672. The molecule has 3 N–H and O–H groups in total. The van der Waals surface area contributed by atoms with Gasteiger partial charge in [-0.15, -0.1) is 0 Å². The van der Waals surface area contributed by atoms with Gasteiger partial charge in [0.25, 0.3) is 0 Å². The number of halogens is 3. The summed E-state index contributed by atoms with van der Waals surface area (Å²) >= 11 is 4.66. The minimum Gasteiger partial charge on any atom is -0.353 e. The molecule has 0 aromatic carbocycles. The van der Waals surface area contributed by atoms with Gasteiger partial charge in [0.05, 0.1) is 0 Å². The fourth-order valence-corrected chi connectivity index (χ4v) is 1.12. The maximum absolute atomic E-state index is 12.1. The average molecular weight is 208 g/mol. The van der Waals surface area contributed by atoms with Crippen molar-refractivity contribution in [1.29, 1.82) is 0 Å². The van der Waals surface area contributed by atoms with Crippen LogP contribution in [0.2, 0.25) is 0 Å². The van der Waals surface area contributed by atoms with E-state index < -0.39 is 12.2 Å². The van der Waals surface area contributed by atoms with Crippen molar-refractivity contribution in [3.63, 3.8) is 0 Å². The van der Waals surface area contributed by atoms with E-state index in [0.717, 1.165) is 0 Å². The summed E-state index contributed by atoms with van der Waals surface area (Å²) in [4.78, 5) is 2.49. The van der Waals surface area contributed by atoms with Gasteiger partial charge in [-0.3, -0.25) is 0 Å². The first-order chi connectivity index (χ1) is 5.93. The first-order valence-corrected chi connectivity index (χ1v) is 3.83. The molecule has 1 rings (SSSR count). The van der Waals surface area contributed by atoms with Crippen LogP contribution in [0.4, 0.5) is 13.2 Å². The van der Waals surface area contributed by atoms with Crippen LogP contribution in [-0.4, -0.2) is 11.2 Å². The Morgan fingerprint density at radius 1 is 1.46 bits per heavy atom. The molecule has 1 aromatic rings. The zero-order chi connectivity index (χ0) is 10.1. The van der Waals surface area contributed by atoms with E-state index in [4.69, 9.17) is 5.73 Å². The number of pyridine rings is 1. The average Bonchev–Trinajstić information content (AvgIpc) is 2.02. The highest BCUT2D eigenvalue weighted by Crippen LogP contribution is 2.30. The summed E-state index contributed by atoms with van der Waals surface area (Å²) in [6.45, 7) is 0.